The molecular formula is C27H27F3N4O4S. The van der Waals surface area contributed by atoms with Gasteiger partial charge in [0.2, 0.25) is 5.43 Å². The summed E-state index contributed by atoms with van der Waals surface area (Å²) in [5.74, 6) is -0.806. The molecule has 2 aliphatic heterocycles. The van der Waals surface area contributed by atoms with Crippen molar-refractivity contribution >= 4 is 22.6 Å². The molecule has 1 aromatic carbocycles. The fourth-order valence-corrected chi connectivity index (χ4v) is 5.78. The number of hydrogen-bond donors (Lipinski definition) is 0. The second kappa shape index (κ2) is 10.1. The van der Waals surface area contributed by atoms with E-state index in [0.717, 1.165) is 28.7 Å². The number of aromatic nitrogens is 2. The van der Waals surface area contributed by atoms with Gasteiger partial charge < -0.3 is 14.2 Å². The molecule has 5 rings (SSSR count). The topological polar surface area (TPSA) is 80.8 Å². The maximum Gasteiger partial charge on any atom is 0.408 e. The summed E-state index contributed by atoms with van der Waals surface area (Å²) in [6.45, 7) is 8.46. The normalized spacial score (nSPS) is 17.8. The highest BCUT2D eigenvalue weighted by Crippen LogP contribution is 2.48. The van der Waals surface area contributed by atoms with Crippen molar-refractivity contribution in [1.29, 1.82) is 0 Å². The van der Waals surface area contributed by atoms with Crippen LogP contribution in [0.4, 0.5) is 13.2 Å². The average Bonchev–Trinajstić information content (AvgIpc) is 3.21. The Morgan fingerprint density at radius 2 is 2.00 bits per heavy atom. The number of hydrogen-bond acceptors (Lipinski definition) is 7. The van der Waals surface area contributed by atoms with Gasteiger partial charge in [-0.2, -0.15) is 13.2 Å². The lowest BCUT2D eigenvalue weighted by Gasteiger charge is -2.45. The van der Waals surface area contributed by atoms with Crippen LogP contribution in [0.1, 0.15) is 65.8 Å². The van der Waals surface area contributed by atoms with E-state index in [1.807, 2.05) is 31.2 Å². The Labute approximate surface area is 227 Å². The van der Waals surface area contributed by atoms with E-state index in [0.29, 0.717) is 28.3 Å². The molecule has 39 heavy (non-hydrogen) atoms. The van der Waals surface area contributed by atoms with Gasteiger partial charge in [0.25, 0.3) is 5.91 Å². The van der Waals surface area contributed by atoms with Crippen LogP contribution in [0.3, 0.4) is 0 Å². The number of ether oxygens (including phenoxy) is 1. The molecule has 1 unspecified atom stereocenters. The molecule has 0 fully saturated rings. The van der Waals surface area contributed by atoms with E-state index in [2.05, 4.69) is 11.7 Å². The third-order valence-electron chi connectivity index (χ3n) is 6.94. The number of rotatable bonds is 6. The lowest BCUT2D eigenvalue weighted by atomic mass is 9.96. The quantitative estimate of drug-likeness (QED) is 0.369. The van der Waals surface area contributed by atoms with Gasteiger partial charge in [0.1, 0.15) is 18.8 Å². The van der Waals surface area contributed by atoms with Gasteiger partial charge in [-0.3, -0.25) is 19.3 Å². The predicted molar refractivity (Wildman–Crippen MR) is 140 cm³/mol. The van der Waals surface area contributed by atoms with Gasteiger partial charge in [0.05, 0.1) is 22.8 Å². The Balaban J connectivity index is 1.78. The molecular weight excluding hydrogens is 533 g/mol. The summed E-state index contributed by atoms with van der Waals surface area (Å²) >= 11 is 1.37. The Morgan fingerprint density at radius 1 is 1.26 bits per heavy atom. The van der Waals surface area contributed by atoms with Crippen LogP contribution in [-0.4, -0.2) is 46.1 Å². The first-order valence-electron chi connectivity index (χ1n) is 12.5. The maximum atomic E-state index is 14.0. The van der Waals surface area contributed by atoms with Gasteiger partial charge >= 0.3 is 6.18 Å². The number of pyridine rings is 1. The largest absolute Gasteiger partial charge is 0.487 e. The molecule has 206 valence electrons. The summed E-state index contributed by atoms with van der Waals surface area (Å²) in [4.78, 5) is 28.7. The number of halogens is 3. The number of nitrogens with zero attached hydrogens (tertiary/aromatic N) is 4. The lowest BCUT2D eigenvalue weighted by Crippen LogP contribution is -2.60. The summed E-state index contributed by atoms with van der Waals surface area (Å²) in [7, 11) is 0. The predicted octanol–water partition coefficient (Wildman–Crippen LogP) is 5.49. The van der Waals surface area contributed by atoms with Gasteiger partial charge in [-0.05, 0) is 31.9 Å². The molecule has 2 atom stereocenters. The smallest absolute Gasteiger partial charge is 0.408 e. The van der Waals surface area contributed by atoms with Crippen molar-refractivity contribution in [2.24, 2.45) is 0 Å². The van der Waals surface area contributed by atoms with Gasteiger partial charge in [0.15, 0.2) is 17.2 Å². The molecule has 4 heterocycles. The zero-order valence-corrected chi connectivity index (χ0v) is 22.4. The molecule has 0 aliphatic carbocycles. The molecule has 2 aliphatic rings. The molecule has 8 nitrogen and oxygen atoms in total. The van der Waals surface area contributed by atoms with Crippen LogP contribution in [0, 0.1) is 6.92 Å². The Bertz CT molecular complexity index is 1500. The van der Waals surface area contributed by atoms with Crippen molar-refractivity contribution in [3.8, 4) is 5.75 Å². The van der Waals surface area contributed by atoms with Crippen molar-refractivity contribution in [2.45, 2.75) is 56.8 Å². The number of thioether (sulfide) groups is 1. The lowest BCUT2D eigenvalue weighted by molar-refractivity contribution is -0.173. The maximum absolute atomic E-state index is 14.0. The highest BCUT2D eigenvalue weighted by atomic mass is 32.2. The number of amides is 1. The fraction of sp³-hybridized carbons (Fsp3) is 0.370. The average molecular weight is 561 g/mol. The fourth-order valence-electron chi connectivity index (χ4n) is 4.83. The van der Waals surface area contributed by atoms with Gasteiger partial charge in [-0.1, -0.05) is 55.0 Å². The molecule has 0 spiro atoms. The van der Waals surface area contributed by atoms with Crippen molar-refractivity contribution in [3.05, 3.63) is 81.6 Å². The zero-order valence-electron chi connectivity index (χ0n) is 21.6. The van der Waals surface area contributed by atoms with Crippen molar-refractivity contribution in [1.82, 2.24) is 14.7 Å². The SMILES string of the molecule is C=C1Sc2ccccc2C(N2CN([C@H](C)C(F)(F)F)C(=O)c3c(OCCCC)c(=O)ccn32)c2c(C)noc21. The number of carbonyl (C=O) groups is 1. The minimum absolute atomic E-state index is 0.141. The molecule has 1 amide bonds. The molecule has 0 saturated carbocycles. The summed E-state index contributed by atoms with van der Waals surface area (Å²) < 4.78 is 54.9. The van der Waals surface area contributed by atoms with Crippen molar-refractivity contribution in [2.75, 3.05) is 18.3 Å². The van der Waals surface area contributed by atoms with Gasteiger partial charge in [-0.25, -0.2) is 0 Å². The van der Waals surface area contributed by atoms with Crippen molar-refractivity contribution < 1.29 is 27.2 Å². The van der Waals surface area contributed by atoms with Crippen molar-refractivity contribution in [3.63, 3.8) is 0 Å². The first-order chi connectivity index (χ1) is 18.5. The van der Waals surface area contributed by atoms with Crippen LogP contribution < -0.4 is 15.2 Å². The van der Waals surface area contributed by atoms with Crippen LogP contribution >= 0.6 is 11.8 Å². The number of unbranched alkanes of at least 4 members (excludes halogenated alkanes) is 1. The van der Waals surface area contributed by atoms with E-state index in [-0.39, 0.29) is 18.1 Å². The number of benzene rings is 1. The van der Waals surface area contributed by atoms with E-state index in [1.54, 1.807) is 11.9 Å². The third-order valence-corrected chi connectivity index (χ3v) is 7.96. The van der Waals surface area contributed by atoms with Crippen LogP contribution in [0.25, 0.3) is 4.91 Å². The highest BCUT2D eigenvalue weighted by molar-refractivity contribution is 8.08. The number of fused-ring (bicyclic) bond motifs is 3. The molecule has 3 aromatic rings. The zero-order chi connectivity index (χ0) is 28.1. The minimum Gasteiger partial charge on any atom is -0.487 e. The van der Waals surface area contributed by atoms with Crippen LogP contribution in [0.15, 0.2) is 57.3 Å². The van der Waals surface area contributed by atoms with Crippen LogP contribution in [0.5, 0.6) is 5.75 Å². The molecule has 0 bridgehead atoms. The Kier molecular flexibility index (Phi) is 7.00. The summed E-state index contributed by atoms with van der Waals surface area (Å²) in [6, 6.07) is 5.85. The third kappa shape index (κ3) is 4.60. The summed E-state index contributed by atoms with van der Waals surface area (Å²) in [6.07, 6.45) is -1.93. The summed E-state index contributed by atoms with van der Waals surface area (Å²) in [5, 5.41) is 5.75. The van der Waals surface area contributed by atoms with Crippen LogP contribution in [-0.2, 0) is 0 Å². The first-order valence-corrected chi connectivity index (χ1v) is 13.3. The van der Waals surface area contributed by atoms with E-state index >= 15 is 0 Å². The minimum atomic E-state index is -4.70. The highest BCUT2D eigenvalue weighted by Gasteiger charge is 2.48. The number of carbonyl (C=O) groups excluding carboxylic acids is 1. The first kappa shape index (κ1) is 26.9. The molecule has 0 saturated heterocycles. The molecule has 0 radical (unpaired) electrons. The Hall–Kier alpha value is -3.67. The second-order valence-electron chi connectivity index (χ2n) is 9.45. The number of alkyl halides is 3. The van der Waals surface area contributed by atoms with Gasteiger partial charge in [0, 0.05) is 17.2 Å². The van der Waals surface area contributed by atoms with E-state index in [9.17, 15) is 22.8 Å². The van der Waals surface area contributed by atoms with E-state index in [1.165, 1.54) is 28.7 Å². The molecule has 12 heteroatoms. The molecule has 0 N–H and O–H groups in total. The van der Waals surface area contributed by atoms with E-state index < -0.39 is 36.3 Å². The summed E-state index contributed by atoms with van der Waals surface area (Å²) in [5.41, 5.74) is 1.07. The monoisotopic (exact) mass is 560 g/mol. The number of aryl methyl sites for hydroxylation is 1. The van der Waals surface area contributed by atoms with Gasteiger partial charge in [-0.15, -0.1) is 0 Å². The molecule has 2 aromatic heterocycles. The standard InChI is InChI=1S/C27H27F3N4O4S/c1-5-6-13-37-25-19(35)11-12-33-23(25)26(36)32(17(4)27(28,29)30)14-34(33)22-18-9-7-8-10-20(18)39-16(3)24-21(22)15(2)31-38-24/h7-12,17,22H,3,5-6,13-14H2,1-2,4H3/t17-,22?/m1/s1. The Morgan fingerprint density at radius 3 is 2.72 bits per heavy atom. The van der Waals surface area contributed by atoms with Crippen LogP contribution in [0.2, 0.25) is 0 Å². The van der Waals surface area contributed by atoms with E-state index in [4.69, 9.17) is 9.26 Å². The second-order valence-corrected chi connectivity index (χ2v) is 10.6.